The molecule has 0 aromatic heterocycles. The molecule has 0 bridgehead atoms. The Morgan fingerprint density at radius 3 is 2.75 bits per heavy atom. The Hall–Kier alpha value is -0.590. The smallest absolute Gasteiger partial charge is 0.136 e. The van der Waals surface area contributed by atoms with Gasteiger partial charge in [0.25, 0.3) is 0 Å². The van der Waals surface area contributed by atoms with Crippen molar-refractivity contribution in [1.29, 1.82) is 0 Å². The molecule has 0 unspecified atom stereocenters. The Morgan fingerprint density at radius 2 is 1.92 bits per heavy atom. The van der Waals surface area contributed by atoms with Gasteiger partial charge in [-0.25, -0.2) is 0 Å². The fourth-order valence-corrected chi connectivity index (χ4v) is 2.65. The average Bonchev–Trinajstić information content (AvgIpc) is 2.30. The zero-order valence-corrected chi connectivity index (χ0v) is 7.51. The normalized spacial score (nSPS) is 36.3. The monoisotopic (exact) mass is 164 g/mol. The van der Waals surface area contributed by atoms with Gasteiger partial charge >= 0.3 is 0 Å². The molecule has 2 aliphatic rings. The summed E-state index contributed by atoms with van der Waals surface area (Å²) < 4.78 is 0. The number of hydrogen-bond donors (Lipinski definition) is 0. The molecule has 0 aliphatic heterocycles. The summed E-state index contributed by atoms with van der Waals surface area (Å²) in [6.07, 6.45) is 6.57. The molecule has 1 nitrogen and oxygen atoms in total. The first-order chi connectivity index (χ1) is 5.79. The highest BCUT2D eigenvalue weighted by Gasteiger charge is 2.35. The zero-order chi connectivity index (χ0) is 8.55. The van der Waals surface area contributed by atoms with E-state index in [4.69, 9.17) is 0 Å². The maximum Gasteiger partial charge on any atom is 0.136 e. The fourth-order valence-electron chi connectivity index (χ4n) is 2.65. The Bertz CT molecular complexity index is 217. The molecule has 0 spiro atoms. The van der Waals surface area contributed by atoms with Crippen molar-refractivity contribution in [2.24, 2.45) is 11.8 Å². The number of hydrogen-bond acceptors (Lipinski definition) is 1. The van der Waals surface area contributed by atoms with Crippen LogP contribution in [-0.2, 0) is 4.79 Å². The molecule has 66 valence electrons. The third kappa shape index (κ3) is 1.21. The zero-order valence-electron chi connectivity index (χ0n) is 7.51. The molecule has 2 aliphatic carbocycles. The van der Waals surface area contributed by atoms with Gasteiger partial charge in [-0.1, -0.05) is 18.6 Å². The minimum atomic E-state index is 0.361. The van der Waals surface area contributed by atoms with E-state index in [-0.39, 0.29) is 0 Å². The van der Waals surface area contributed by atoms with E-state index in [1.54, 1.807) is 0 Å². The van der Waals surface area contributed by atoms with Crippen molar-refractivity contribution in [2.75, 3.05) is 0 Å². The van der Waals surface area contributed by atoms with E-state index in [1.807, 2.05) is 0 Å². The van der Waals surface area contributed by atoms with Crippen LogP contribution in [0.25, 0.3) is 0 Å². The second-order valence-corrected chi connectivity index (χ2v) is 4.12. The van der Waals surface area contributed by atoms with Crippen LogP contribution in [0.5, 0.6) is 0 Å². The van der Waals surface area contributed by atoms with Crippen LogP contribution in [0.1, 0.15) is 38.5 Å². The second-order valence-electron chi connectivity index (χ2n) is 4.12. The third-order valence-electron chi connectivity index (χ3n) is 3.39. The van der Waals surface area contributed by atoms with Gasteiger partial charge in [0.05, 0.1) is 0 Å². The molecule has 0 N–H and O–H groups in total. The van der Waals surface area contributed by atoms with Gasteiger partial charge in [0.2, 0.25) is 0 Å². The summed E-state index contributed by atoms with van der Waals surface area (Å²) in [6.45, 7) is 4.06. The number of fused-ring (bicyclic) bond motifs is 1. The maximum absolute atomic E-state index is 11.6. The van der Waals surface area contributed by atoms with Crippen molar-refractivity contribution in [3.8, 4) is 0 Å². The maximum atomic E-state index is 11.6. The van der Waals surface area contributed by atoms with Gasteiger partial charge in [-0.2, -0.15) is 0 Å². The molecule has 0 heterocycles. The highest BCUT2D eigenvalue weighted by atomic mass is 16.1. The molecule has 2 atom stereocenters. The van der Waals surface area contributed by atoms with Gasteiger partial charge in [0, 0.05) is 12.3 Å². The van der Waals surface area contributed by atoms with Gasteiger partial charge < -0.3 is 0 Å². The number of Topliss-reactive ketones (excluding diaryl/α,β-unsaturated/α-hetero) is 1. The van der Waals surface area contributed by atoms with Crippen LogP contribution in [0.2, 0.25) is 0 Å². The van der Waals surface area contributed by atoms with Gasteiger partial charge in [0.1, 0.15) is 5.78 Å². The van der Waals surface area contributed by atoms with E-state index < -0.39 is 0 Å². The molecule has 0 aromatic carbocycles. The van der Waals surface area contributed by atoms with Crippen LogP contribution in [-0.4, -0.2) is 5.78 Å². The van der Waals surface area contributed by atoms with Crippen molar-refractivity contribution in [3.63, 3.8) is 0 Å². The van der Waals surface area contributed by atoms with E-state index in [2.05, 4.69) is 6.58 Å². The van der Waals surface area contributed by atoms with Crippen LogP contribution < -0.4 is 0 Å². The van der Waals surface area contributed by atoms with Crippen molar-refractivity contribution in [3.05, 3.63) is 12.2 Å². The first-order valence-electron chi connectivity index (χ1n) is 4.99. The van der Waals surface area contributed by atoms with Gasteiger partial charge in [-0.3, -0.25) is 4.79 Å². The fraction of sp³-hybridized carbons (Fsp3) is 0.727. The van der Waals surface area contributed by atoms with Crippen LogP contribution in [0.4, 0.5) is 0 Å². The molecular weight excluding hydrogens is 148 g/mol. The highest BCUT2D eigenvalue weighted by molar-refractivity contribution is 5.82. The summed E-state index contributed by atoms with van der Waals surface area (Å²) in [6, 6.07) is 0. The lowest BCUT2D eigenvalue weighted by atomic mass is 9.89. The Balaban J connectivity index is 2.18. The Morgan fingerprint density at radius 1 is 1.08 bits per heavy atom. The summed E-state index contributed by atoms with van der Waals surface area (Å²) in [5.41, 5.74) is 1.34. The van der Waals surface area contributed by atoms with Crippen LogP contribution in [0.15, 0.2) is 12.2 Å². The Kier molecular flexibility index (Phi) is 2.03. The molecule has 0 aromatic rings. The minimum absolute atomic E-state index is 0.361. The lowest BCUT2D eigenvalue weighted by Gasteiger charge is -2.14. The van der Waals surface area contributed by atoms with E-state index in [0.717, 1.165) is 25.7 Å². The predicted molar refractivity (Wildman–Crippen MR) is 48.8 cm³/mol. The number of allylic oxidation sites excluding steroid dienone is 1. The van der Waals surface area contributed by atoms with Crippen LogP contribution in [0, 0.1) is 11.8 Å². The van der Waals surface area contributed by atoms with Gasteiger partial charge in [0.15, 0.2) is 0 Å². The van der Waals surface area contributed by atoms with Crippen molar-refractivity contribution >= 4 is 5.78 Å². The first-order valence-corrected chi connectivity index (χ1v) is 4.99. The second kappa shape index (κ2) is 3.04. The summed E-state index contributed by atoms with van der Waals surface area (Å²) in [5.74, 6) is 1.43. The lowest BCUT2D eigenvalue weighted by Crippen LogP contribution is -2.16. The topological polar surface area (TPSA) is 17.1 Å². The molecule has 2 rings (SSSR count). The van der Waals surface area contributed by atoms with Crippen molar-refractivity contribution in [2.45, 2.75) is 38.5 Å². The van der Waals surface area contributed by atoms with Gasteiger partial charge in [-0.15, -0.1) is 0 Å². The standard InChI is InChI=1S/C11H16O/c1-8-6-7-10-9(8)4-2-3-5-11(10)12/h9-10H,1-7H2/t9-,10+/m0/s1. The minimum Gasteiger partial charge on any atom is -0.299 e. The molecule has 2 saturated carbocycles. The summed E-state index contributed by atoms with van der Waals surface area (Å²) >= 11 is 0. The van der Waals surface area contributed by atoms with Crippen LogP contribution >= 0.6 is 0 Å². The van der Waals surface area contributed by atoms with Gasteiger partial charge in [-0.05, 0) is 31.6 Å². The van der Waals surface area contributed by atoms with E-state index in [1.165, 1.54) is 18.4 Å². The summed E-state index contributed by atoms with van der Waals surface area (Å²) in [5, 5.41) is 0. The largest absolute Gasteiger partial charge is 0.299 e. The number of ketones is 1. The lowest BCUT2D eigenvalue weighted by molar-refractivity contribution is -0.123. The molecule has 0 amide bonds. The first kappa shape index (κ1) is 8.03. The predicted octanol–water partition coefficient (Wildman–Crippen LogP) is 2.71. The van der Waals surface area contributed by atoms with E-state index in [9.17, 15) is 4.79 Å². The molecule has 2 fully saturated rings. The molecular formula is C11H16O. The Labute approximate surface area is 73.8 Å². The SMILES string of the molecule is C=C1CC[C@H]2C(=O)CCCC[C@@H]12. The van der Waals surface area contributed by atoms with Crippen LogP contribution in [0.3, 0.4) is 0 Å². The van der Waals surface area contributed by atoms with Crippen molar-refractivity contribution < 1.29 is 4.79 Å². The summed E-state index contributed by atoms with van der Waals surface area (Å²) in [7, 11) is 0. The third-order valence-corrected chi connectivity index (χ3v) is 3.39. The molecule has 12 heavy (non-hydrogen) atoms. The van der Waals surface area contributed by atoms with E-state index >= 15 is 0 Å². The summed E-state index contributed by atoms with van der Waals surface area (Å²) in [4.78, 5) is 11.6. The van der Waals surface area contributed by atoms with Crippen molar-refractivity contribution in [1.82, 2.24) is 0 Å². The number of carbonyl (C=O) groups is 1. The highest BCUT2D eigenvalue weighted by Crippen LogP contribution is 2.41. The quantitative estimate of drug-likeness (QED) is 0.503. The number of carbonyl (C=O) groups excluding carboxylic acids is 1. The van der Waals surface area contributed by atoms with E-state index in [0.29, 0.717) is 17.6 Å². The molecule has 0 saturated heterocycles. The number of rotatable bonds is 0. The molecule has 0 radical (unpaired) electrons. The molecule has 1 heteroatoms. The average molecular weight is 164 g/mol.